The Bertz CT molecular complexity index is 345. The molecule has 0 spiro atoms. The second-order valence-corrected chi connectivity index (χ2v) is 4.43. The van der Waals surface area contributed by atoms with Crippen LogP contribution in [0.5, 0.6) is 0 Å². The summed E-state index contributed by atoms with van der Waals surface area (Å²) in [5.74, 6) is 0.702. The first kappa shape index (κ1) is 11.8. The summed E-state index contributed by atoms with van der Waals surface area (Å²) in [5.41, 5.74) is 1.91. The molecule has 0 unspecified atom stereocenters. The number of ketones is 1. The fourth-order valence-electron chi connectivity index (χ4n) is 1.21. The summed E-state index contributed by atoms with van der Waals surface area (Å²) in [5, 5.41) is 7.89. The third kappa shape index (κ3) is 3.42. The van der Waals surface area contributed by atoms with Gasteiger partial charge in [-0.05, 0) is 17.5 Å². The average Bonchev–Trinajstić information content (AvgIpc) is 2.18. The fourth-order valence-corrected chi connectivity index (χ4v) is 1.21. The van der Waals surface area contributed by atoms with Crippen molar-refractivity contribution in [2.24, 2.45) is 5.92 Å². The summed E-state index contributed by atoms with van der Waals surface area (Å²) in [6.45, 7) is 8.01. The summed E-state index contributed by atoms with van der Waals surface area (Å²) in [6.07, 6.45) is 2.15. The maximum Gasteiger partial charge on any atom is 0.141 e. The van der Waals surface area contributed by atoms with E-state index in [4.69, 9.17) is 0 Å². The third-order valence-corrected chi connectivity index (χ3v) is 2.39. The van der Waals surface area contributed by atoms with Crippen LogP contribution in [0, 0.1) is 5.92 Å². The number of carbonyl (C=O) groups is 1. The Morgan fingerprint density at radius 1 is 1.33 bits per heavy atom. The summed E-state index contributed by atoms with van der Waals surface area (Å²) in [6, 6.07) is 1.97. The molecule has 0 aliphatic carbocycles. The van der Waals surface area contributed by atoms with Gasteiger partial charge in [-0.15, -0.1) is 0 Å². The predicted molar refractivity (Wildman–Crippen MR) is 59.7 cm³/mol. The lowest BCUT2D eigenvalue weighted by molar-refractivity contribution is -0.121. The van der Waals surface area contributed by atoms with Crippen LogP contribution in [-0.2, 0) is 11.2 Å². The molecule has 1 heterocycles. The van der Waals surface area contributed by atoms with Crippen LogP contribution in [0.15, 0.2) is 12.3 Å². The monoisotopic (exact) mass is 206 g/mol. The van der Waals surface area contributed by atoms with Crippen molar-refractivity contribution in [1.29, 1.82) is 0 Å². The van der Waals surface area contributed by atoms with E-state index in [1.165, 1.54) is 0 Å². The zero-order chi connectivity index (χ0) is 11.4. The average molecular weight is 206 g/mol. The van der Waals surface area contributed by atoms with Gasteiger partial charge in [0.1, 0.15) is 5.78 Å². The van der Waals surface area contributed by atoms with Crippen molar-refractivity contribution in [3.8, 4) is 0 Å². The molecule has 0 N–H and O–H groups in total. The SMILES string of the molecule is CC(C)C(=O)Cc1cc(C(C)C)cnn1. The van der Waals surface area contributed by atoms with Gasteiger partial charge in [0.05, 0.1) is 18.3 Å². The molecule has 82 valence electrons. The number of Topliss-reactive ketones (excluding diaryl/α,β-unsaturated/α-hetero) is 1. The summed E-state index contributed by atoms with van der Waals surface area (Å²) >= 11 is 0. The molecule has 15 heavy (non-hydrogen) atoms. The molecule has 1 aromatic rings. The maximum atomic E-state index is 11.5. The van der Waals surface area contributed by atoms with Crippen LogP contribution >= 0.6 is 0 Å². The van der Waals surface area contributed by atoms with Gasteiger partial charge in [-0.25, -0.2) is 0 Å². The van der Waals surface area contributed by atoms with E-state index in [2.05, 4.69) is 24.0 Å². The molecular formula is C12H18N2O. The van der Waals surface area contributed by atoms with E-state index in [-0.39, 0.29) is 11.7 Å². The maximum absolute atomic E-state index is 11.5. The van der Waals surface area contributed by atoms with Crippen LogP contribution in [0.4, 0.5) is 0 Å². The summed E-state index contributed by atoms with van der Waals surface area (Å²) < 4.78 is 0. The molecule has 1 aromatic heterocycles. The van der Waals surface area contributed by atoms with Gasteiger partial charge in [0.15, 0.2) is 0 Å². The number of hydrogen-bond donors (Lipinski definition) is 0. The molecule has 0 radical (unpaired) electrons. The second kappa shape index (κ2) is 5.01. The van der Waals surface area contributed by atoms with Crippen LogP contribution in [0.25, 0.3) is 0 Å². The minimum atomic E-state index is 0.0644. The van der Waals surface area contributed by atoms with Crippen molar-refractivity contribution < 1.29 is 4.79 Å². The molecule has 0 aliphatic rings. The largest absolute Gasteiger partial charge is 0.299 e. The molecule has 0 saturated heterocycles. The van der Waals surface area contributed by atoms with Gasteiger partial charge in [0, 0.05) is 5.92 Å². The highest BCUT2D eigenvalue weighted by atomic mass is 16.1. The van der Waals surface area contributed by atoms with Crippen LogP contribution in [-0.4, -0.2) is 16.0 Å². The van der Waals surface area contributed by atoms with Gasteiger partial charge in [-0.3, -0.25) is 4.79 Å². The molecule has 0 aromatic carbocycles. The van der Waals surface area contributed by atoms with Crippen LogP contribution in [0.3, 0.4) is 0 Å². The Labute approximate surface area is 90.9 Å². The van der Waals surface area contributed by atoms with Crippen molar-refractivity contribution >= 4 is 5.78 Å². The normalized spacial score (nSPS) is 11.1. The Balaban J connectivity index is 2.78. The molecule has 0 saturated carbocycles. The van der Waals surface area contributed by atoms with Gasteiger partial charge >= 0.3 is 0 Å². The Kier molecular flexibility index (Phi) is 3.95. The van der Waals surface area contributed by atoms with Crippen molar-refractivity contribution in [2.45, 2.75) is 40.0 Å². The minimum absolute atomic E-state index is 0.0644. The molecular weight excluding hydrogens is 188 g/mol. The van der Waals surface area contributed by atoms with Crippen molar-refractivity contribution in [3.05, 3.63) is 23.5 Å². The molecule has 3 heteroatoms. The second-order valence-electron chi connectivity index (χ2n) is 4.43. The molecule has 1 rings (SSSR count). The van der Waals surface area contributed by atoms with E-state index in [0.717, 1.165) is 11.3 Å². The lowest BCUT2D eigenvalue weighted by Crippen LogP contribution is -2.12. The first-order valence-electron chi connectivity index (χ1n) is 5.35. The van der Waals surface area contributed by atoms with Crippen molar-refractivity contribution in [3.63, 3.8) is 0 Å². The Hall–Kier alpha value is -1.25. The highest BCUT2D eigenvalue weighted by molar-refractivity contribution is 5.82. The molecule has 0 aliphatic heterocycles. The standard InChI is InChI=1S/C12H18N2O/c1-8(2)10-5-11(14-13-7-10)6-12(15)9(3)4/h5,7-9H,6H2,1-4H3. The van der Waals surface area contributed by atoms with Crippen LogP contribution in [0.1, 0.15) is 44.9 Å². The summed E-state index contributed by atoms with van der Waals surface area (Å²) in [4.78, 5) is 11.5. The van der Waals surface area contributed by atoms with Crippen molar-refractivity contribution in [1.82, 2.24) is 10.2 Å². The minimum Gasteiger partial charge on any atom is -0.299 e. The first-order valence-corrected chi connectivity index (χ1v) is 5.35. The smallest absolute Gasteiger partial charge is 0.141 e. The number of aromatic nitrogens is 2. The number of carbonyl (C=O) groups excluding carboxylic acids is 1. The van der Waals surface area contributed by atoms with E-state index in [1.807, 2.05) is 19.9 Å². The molecule has 0 atom stereocenters. The van der Waals surface area contributed by atoms with Gasteiger partial charge in [-0.2, -0.15) is 10.2 Å². The summed E-state index contributed by atoms with van der Waals surface area (Å²) in [7, 11) is 0. The topological polar surface area (TPSA) is 42.9 Å². The highest BCUT2D eigenvalue weighted by Gasteiger charge is 2.10. The van der Waals surface area contributed by atoms with Crippen molar-refractivity contribution in [2.75, 3.05) is 0 Å². The molecule has 3 nitrogen and oxygen atoms in total. The lowest BCUT2D eigenvalue weighted by atomic mass is 10.0. The van der Waals surface area contributed by atoms with E-state index in [9.17, 15) is 4.79 Å². The van der Waals surface area contributed by atoms with E-state index in [0.29, 0.717) is 12.3 Å². The molecule has 0 fully saturated rings. The third-order valence-electron chi connectivity index (χ3n) is 2.39. The molecule has 0 bridgehead atoms. The number of nitrogens with zero attached hydrogens (tertiary/aromatic N) is 2. The highest BCUT2D eigenvalue weighted by Crippen LogP contribution is 2.13. The van der Waals surface area contributed by atoms with E-state index < -0.39 is 0 Å². The van der Waals surface area contributed by atoms with Crippen LogP contribution < -0.4 is 0 Å². The van der Waals surface area contributed by atoms with Gasteiger partial charge in [-0.1, -0.05) is 27.7 Å². The first-order chi connectivity index (χ1) is 7.00. The lowest BCUT2D eigenvalue weighted by Gasteiger charge is -2.07. The Morgan fingerprint density at radius 3 is 2.53 bits per heavy atom. The van der Waals surface area contributed by atoms with E-state index >= 15 is 0 Å². The van der Waals surface area contributed by atoms with Gasteiger partial charge in [0.2, 0.25) is 0 Å². The number of hydrogen-bond acceptors (Lipinski definition) is 3. The van der Waals surface area contributed by atoms with E-state index in [1.54, 1.807) is 6.20 Å². The predicted octanol–water partition coefficient (Wildman–Crippen LogP) is 2.37. The zero-order valence-corrected chi connectivity index (χ0v) is 9.82. The number of rotatable bonds is 4. The van der Waals surface area contributed by atoms with Gasteiger partial charge < -0.3 is 0 Å². The van der Waals surface area contributed by atoms with Crippen LogP contribution in [0.2, 0.25) is 0 Å². The van der Waals surface area contributed by atoms with Gasteiger partial charge in [0.25, 0.3) is 0 Å². The fraction of sp³-hybridized carbons (Fsp3) is 0.583. The Morgan fingerprint density at radius 2 is 2.00 bits per heavy atom. The zero-order valence-electron chi connectivity index (χ0n) is 9.82. The quantitative estimate of drug-likeness (QED) is 0.759. The molecule has 0 amide bonds.